The molecule has 0 aliphatic carbocycles. The maximum atomic E-state index is 13.9. The molecule has 0 atom stereocenters. The second kappa shape index (κ2) is 7.70. The topological polar surface area (TPSA) is 59.0 Å². The quantitative estimate of drug-likeness (QED) is 0.478. The number of carbonyl (C=O) groups excluding carboxylic acids is 1. The number of carbonyl (C=O) groups is 1. The predicted molar refractivity (Wildman–Crippen MR) is 109 cm³/mol. The van der Waals surface area contributed by atoms with E-state index in [1.807, 2.05) is 42.5 Å². The van der Waals surface area contributed by atoms with E-state index in [0.717, 1.165) is 10.8 Å². The van der Waals surface area contributed by atoms with Crippen molar-refractivity contribution < 1.29 is 9.18 Å². The number of nitrogens with zero attached hydrogens (tertiary/aromatic N) is 2. The van der Waals surface area contributed by atoms with Gasteiger partial charge in [0.2, 0.25) is 0 Å². The SMILES string of the molecule is O=C(Nc1ccn(Cc2c(F)cccc2Cl)n1)Nc1cccc2ccccc12. The number of amides is 2. The molecule has 1 aromatic heterocycles. The van der Waals surface area contributed by atoms with Gasteiger partial charge in [-0.2, -0.15) is 5.10 Å². The number of nitrogens with one attached hydrogen (secondary N) is 2. The first-order valence-corrected chi connectivity index (χ1v) is 9.00. The smallest absolute Gasteiger partial charge is 0.307 e. The van der Waals surface area contributed by atoms with Gasteiger partial charge in [-0.15, -0.1) is 0 Å². The molecule has 4 aromatic rings. The van der Waals surface area contributed by atoms with Crippen LogP contribution < -0.4 is 10.6 Å². The monoisotopic (exact) mass is 394 g/mol. The molecule has 7 heteroatoms. The molecule has 2 N–H and O–H groups in total. The highest BCUT2D eigenvalue weighted by molar-refractivity contribution is 6.31. The van der Waals surface area contributed by atoms with Gasteiger partial charge in [0.05, 0.1) is 12.2 Å². The fourth-order valence-electron chi connectivity index (χ4n) is 2.97. The summed E-state index contributed by atoms with van der Waals surface area (Å²) in [4.78, 5) is 12.3. The van der Waals surface area contributed by atoms with Crippen LogP contribution in [-0.2, 0) is 6.54 Å². The minimum absolute atomic E-state index is 0.165. The van der Waals surface area contributed by atoms with Gasteiger partial charge in [-0.3, -0.25) is 10.00 Å². The predicted octanol–water partition coefficient (Wildman–Crippen LogP) is 5.52. The van der Waals surface area contributed by atoms with Gasteiger partial charge in [0.1, 0.15) is 5.82 Å². The Hall–Kier alpha value is -3.38. The van der Waals surface area contributed by atoms with Gasteiger partial charge in [0.25, 0.3) is 0 Å². The van der Waals surface area contributed by atoms with Crippen LogP contribution in [0.25, 0.3) is 10.8 Å². The molecule has 0 unspecified atom stereocenters. The summed E-state index contributed by atoms with van der Waals surface area (Å²) in [7, 11) is 0. The molecular weight excluding hydrogens is 379 g/mol. The fourth-order valence-corrected chi connectivity index (χ4v) is 3.19. The van der Waals surface area contributed by atoms with Crippen molar-refractivity contribution in [3.8, 4) is 0 Å². The Labute approximate surface area is 165 Å². The van der Waals surface area contributed by atoms with E-state index in [1.54, 1.807) is 24.4 Å². The van der Waals surface area contributed by atoms with Crippen LogP contribution in [-0.4, -0.2) is 15.8 Å². The van der Waals surface area contributed by atoms with Gasteiger partial charge in [-0.05, 0) is 23.6 Å². The number of rotatable bonds is 4. The van der Waals surface area contributed by atoms with Crippen molar-refractivity contribution in [2.45, 2.75) is 6.54 Å². The number of hydrogen-bond acceptors (Lipinski definition) is 2. The molecule has 0 fully saturated rings. The molecule has 1 heterocycles. The van der Waals surface area contributed by atoms with Crippen molar-refractivity contribution in [2.24, 2.45) is 0 Å². The number of hydrogen-bond donors (Lipinski definition) is 2. The van der Waals surface area contributed by atoms with Crippen LogP contribution in [0.4, 0.5) is 20.7 Å². The van der Waals surface area contributed by atoms with Crippen molar-refractivity contribution in [2.75, 3.05) is 10.6 Å². The minimum atomic E-state index is -0.412. The molecular formula is C21H16ClFN4O. The summed E-state index contributed by atoms with van der Waals surface area (Å²) < 4.78 is 15.4. The van der Waals surface area contributed by atoms with E-state index in [2.05, 4.69) is 15.7 Å². The summed E-state index contributed by atoms with van der Waals surface area (Å²) in [5.74, 6) is -0.0450. The van der Waals surface area contributed by atoms with E-state index >= 15 is 0 Å². The minimum Gasteiger partial charge on any atom is -0.307 e. The average molecular weight is 395 g/mol. The molecule has 140 valence electrons. The number of benzene rings is 3. The second-order valence-electron chi connectivity index (χ2n) is 6.20. The van der Waals surface area contributed by atoms with Crippen LogP contribution >= 0.6 is 11.6 Å². The summed E-state index contributed by atoms with van der Waals surface area (Å²) >= 11 is 6.05. The first-order chi connectivity index (χ1) is 13.6. The normalized spacial score (nSPS) is 10.8. The lowest BCUT2D eigenvalue weighted by Crippen LogP contribution is -2.20. The highest BCUT2D eigenvalue weighted by atomic mass is 35.5. The maximum absolute atomic E-state index is 13.9. The van der Waals surface area contributed by atoms with E-state index in [1.165, 1.54) is 10.7 Å². The second-order valence-corrected chi connectivity index (χ2v) is 6.61. The summed E-state index contributed by atoms with van der Waals surface area (Å²) in [6, 6.07) is 19.2. The molecule has 0 aliphatic heterocycles. The molecule has 2 amide bonds. The molecule has 0 saturated carbocycles. The third-order valence-electron chi connectivity index (χ3n) is 4.30. The van der Waals surface area contributed by atoms with Crippen molar-refractivity contribution in [3.05, 3.63) is 89.3 Å². The molecule has 0 radical (unpaired) electrons. The van der Waals surface area contributed by atoms with Crippen molar-refractivity contribution in [1.82, 2.24) is 9.78 Å². The van der Waals surface area contributed by atoms with Gasteiger partial charge in [0, 0.05) is 28.2 Å². The summed E-state index contributed by atoms with van der Waals surface area (Å²) in [6.07, 6.45) is 1.65. The Morgan fingerprint density at radius 2 is 1.79 bits per heavy atom. The number of aromatic nitrogens is 2. The van der Waals surface area contributed by atoms with Crippen molar-refractivity contribution >= 4 is 39.9 Å². The maximum Gasteiger partial charge on any atom is 0.324 e. The number of halogens is 2. The van der Waals surface area contributed by atoms with E-state index in [-0.39, 0.29) is 6.54 Å². The zero-order chi connectivity index (χ0) is 19.5. The van der Waals surface area contributed by atoms with Crippen LogP contribution in [0.15, 0.2) is 72.9 Å². The summed E-state index contributed by atoms with van der Waals surface area (Å²) in [5.41, 5.74) is 1.05. The van der Waals surface area contributed by atoms with E-state index in [9.17, 15) is 9.18 Å². The molecule has 3 aromatic carbocycles. The summed E-state index contributed by atoms with van der Waals surface area (Å²) in [6.45, 7) is 0.165. The molecule has 0 aliphatic rings. The Morgan fingerprint density at radius 1 is 1.00 bits per heavy atom. The third-order valence-corrected chi connectivity index (χ3v) is 4.66. The standard InChI is InChI=1S/C21H16ClFN4O/c22-17-8-4-9-18(23)16(17)13-27-12-11-20(26-27)25-21(28)24-19-10-3-6-14-5-1-2-7-15(14)19/h1-12H,13H2,(H2,24,25,26,28). The number of anilines is 2. The zero-order valence-corrected chi connectivity index (χ0v) is 15.4. The lowest BCUT2D eigenvalue weighted by Gasteiger charge is -2.09. The molecule has 0 spiro atoms. The van der Waals surface area contributed by atoms with Gasteiger partial charge in [-0.1, -0.05) is 54.1 Å². The first-order valence-electron chi connectivity index (χ1n) is 8.62. The average Bonchev–Trinajstić information content (AvgIpc) is 3.12. The van der Waals surface area contributed by atoms with Gasteiger partial charge in [-0.25, -0.2) is 9.18 Å². The van der Waals surface area contributed by atoms with Gasteiger partial charge >= 0.3 is 6.03 Å². The Bertz CT molecular complexity index is 1130. The van der Waals surface area contributed by atoms with Crippen LogP contribution in [0.1, 0.15) is 5.56 Å². The Morgan fingerprint density at radius 3 is 2.64 bits per heavy atom. The van der Waals surface area contributed by atoms with Crippen LogP contribution in [0.2, 0.25) is 5.02 Å². The van der Waals surface area contributed by atoms with E-state index in [0.29, 0.717) is 22.1 Å². The highest BCUT2D eigenvalue weighted by Gasteiger charge is 2.10. The molecule has 28 heavy (non-hydrogen) atoms. The largest absolute Gasteiger partial charge is 0.324 e. The van der Waals surface area contributed by atoms with E-state index < -0.39 is 11.8 Å². The first kappa shape index (κ1) is 18.0. The Kier molecular flexibility index (Phi) is 4.95. The zero-order valence-electron chi connectivity index (χ0n) is 14.7. The third kappa shape index (κ3) is 3.82. The van der Waals surface area contributed by atoms with Crippen LogP contribution in [0.5, 0.6) is 0 Å². The fraction of sp³-hybridized carbons (Fsp3) is 0.0476. The lowest BCUT2D eigenvalue weighted by atomic mass is 10.1. The summed E-state index contributed by atoms with van der Waals surface area (Å²) in [5, 5.41) is 12.1. The molecule has 4 rings (SSSR count). The number of urea groups is 1. The number of fused-ring (bicyclic) bond motifs is 1. The van der Waals surface area contributed by atoms with Crippen LogP contribution in [0, 0.1) is 5.82 Å². The van der Waals surface area contributed by atoms with Crippen molar-refractivity contribution in [3.63, 3.8) is 0 Å². The van der Waals surface area contributed by atoms with Gasteiger partial charge < -0.3 is 5.32 Å². The van der Waals surface area contributed by atoms with Gasteiger partial charge in [0.15, 0.2) is 5.82 Å². The van der Waals surface area contributed by atoms with Crippen LogP contribution in [0.3, 0.4) is 0 Å². The molecule has 0 bridgehead atoms. The lowest BCUT2D eigenvalue weighted by molar-refractivity contribution is 0.262. The van der Waals surface area contributed by atoms with Crippen molar-refractivity contribution in [1.29, 1.82) is 0 Å². The highest BCUT2D eigenvalue weighted by Crippen LogP contribution is 2.23. The van der Waals surface area contributed by atoms with E-state index in [4.69, 9.17) is 11.6 Å². The Balaban J connectivity index is 1.46. The molecule has 0 saturated heterocycles. The molecule has 5 nitrogen and oxygen atoms in total.